The Balaban J connectivity index is 1.30. The second-order valence-electron chi connectivity index (χ2n) is 11.4. The number of rotatable bonds is 9. The first-order chi connectivity index (χ1) is 18.6. The van der Waals surface area contributed by atoms with Gasteiger partial charge in [-0.1, -0.05) is 6.08 Å². The number of fused-ring (bicyclic) bond motifs is 1. The molecule has 2 aliphatic rings. The zero-order valence-electron chi connectivity index (χ0n) is 24.2. The first kappa shape index (κ1) is 28.7. The fourth-order valence-electron chi connectivity index (χ4n) is 5.00. The lowest BCUT2D eigenvalue weighted by atomic mass is 10.0. The number of pyridine rings is 1. The van der Waals surface area contributed by atoms with E-state index in [2.05, 4.69) is 47.9 Å². The Kier molecular flexibility index (Phi) is 9.32. The number of likely N-dealkylation sites (N-methyl/N-ethyl adjacent to an activating group) is 1. The molecule has 2 fully saturated rings. The van der Waals surface area contributed by atoms with Crippen molar-refractivity contribution in [2.45, 2.75) is 71.2 Å². The van der Waals surface area contributed by atoms with Gasteiger partial charge in [0.2, 0.25) is 5.91 Å². The lowest BCUT2D eigenvalue weighted by Gasteiger charge is -2.33. The number of likely N-dealkylation sites (tertiary alicyclic amines) is 2. The van der Waals surface area contributed by atoms with Gasteiger partial charge in [-0.25, -0.2) is 14.8 Å². The van der Waals surface area contributed by atoms with Crippen molar-refractivity contribution in [3.8, 4) is 0 Å². The number of carbonyl (C=O) groups excluding carboxylic acids is 2. The molecule has 0 aromatic carbocycles. The molecule has 11 heteroatoms. The highest BCUT2D eigenvalue weighted by Gasteiger charge is 2.31. The number of nitrogens with zero attached hydrogens (tertiary/aromatic N) is 6. The van der Waals surface area contributed by atoms with Crippen LogP contribution in [0.3, 0.4) is 0 Å². The lowest BCUT2D eigenvalue weighted by Crippen LogP contribution is -2.44. The highest BCUT2D eigenvalue weighted by atomic mass is 16.6. The van der Waals surface area contributed by atoms with Crippen LogP contribution in [-0.4, -0.2) is 106 Å². The van der Waals surface area contributed by atoms with Gasteiger partial charge in [0, 0.05) is 62.9 Å². The van der Waals surface area contributed by atoms with Crippen LogP contribution >= 0.6 is 0 Å². The molecule has 4 heterocycles. The van der Waals surface area contributed by atoms with Crippen LogP contribution in [-0.2, 0) is 9.53 Å². The van der Waals surface area contributed by atoms with E-state index in [-0.39, 0.29) is 36.2 Å². The number of nitrogens with one attached hydrogen (secondary N) is 2. The monoisotopic (exact) mass is 540 g/mol. The molecule has 2 saturated heterocycles. The summed E-state index contributed by atoms with van der Waals surface area (Å²) < 4.78 is 7.86. The summed E-state index contributed by atoms with van der Waals surface area (Å²) in [6.07, 6.45) is 7.05. The molecule has 11 nitrogen and oxygen atoms in total. The van der Waals surface area contributed by atoms with Crippen molar-refractivity contribution in [3.05, 3.63) is 24.5 Å². The van der Waals surface area contributed by atoms with Gasteiger partial charge < -0.3 is 34.6 Å². The number of ether oxygens (including phenoxy) is 1. The van der Waals surface area contributed by atoms with Crippen LogP contribution in [0.15, 0.2) is 24.5 Å². The van der Waals surface area contributed by atoms with Gasteiger partial charge in [0.05, 0.1) is 18.6 Å². The molecule has 0 saturated carbocycles. The largest absolute Gasteiger partial charge is 0.444 e. The molecular formula is C28H44N8O3. The summed E-state index contributed by atoms with van der Waals surface area (Å²) in [4.78, 5) is 40.3. The van der Waals surface area contributed by atoms with Gasteiger partial charge in [0.1, 0.15) is 17.4 Å². The Morgan fingerprint density at radius 3 is 2.51 bits per heavy atom. The topological polar surface area (TPSA) is 108 Å². The molecule has 0 spiro atoms. The molecule has 2 aromatic rings. The van der Waals surface area contributed by atoms with Crippen molar-refractivity contribution in [2.75, 3.05) is 57.5 Å². The third-order valence-corrected chi connectivity index (χ3v) is 7.09. The molecule has 2 N–H and O–H groups in total. The predicted molar refractivity (Wildman–Crippen MR) is 154 cm³/mol. The summed E-state index contributed by atoms with van der Waals surface area (Å²) >= 11 is 0. The first-order valence-corrected chi connectivity index (χ1v) is 14.1. The minimum absolute atomic E-state index is 0.0301. The highest BCUT2D eigenvalue weighted by molar-refractivity contribution is 5.88. The highest BCUT2D eigenvalue weighted by Crippen LogP contribution is 2.29. The van der Waals surface area contributed by atoms with Crippen molar-refractivity contribution in [1.29, 1.82) is 0 Å². The normalized spacial score (nSPS) is 18.7. The summed E-state index contributed by atoms with van der Waals surface area (Å²) in [6.45, 7) is 11.4. The summed E-state index contributed by atoms with van der Waals surface area (Å²) in [6, 6.07) is 2.76. The minimum Gasteiger partial charge on any atom is -0.444 e. The Labute approximate surface area is 231 Å². The number of carbonyl (C=O) groups is 2. The van der Waals surface area contributed by atoms with E-state index in [1.165, 1.54) is 0 Å². The van der Waals surface area contributed by atoms with Crippen LogP contribution in [0.5, 0.6) is 0 Å². The van der Waals surface area contributed by atoms with E-state index in [1.54, 1.807) is 15.9 Å². The van der Waals surface area contributed by atoms with Gasteiger partial charge in [0.25, 0.3) is 0 Å². The van der Waals surface area contributed by atoms with Gasteiger partial charge in [-0.15, -0.1) is 0 Å². The second-order valence-corrected chi connectivity index (χ2v) is 11.4. The Hall–Kier alpha value is -3.34. The second kappa shape index (κ2) is 12.7. The molecule has 39 heavy (non-hydrogen) atoms. The number of anilines is 2. The standard InChI is InChI=1S/C28H44N8O3/c1-19(2)30-24-16-23(26-27(32-24)36(18-29-26)20(3)4)31-21-9-13-34(14-10-21)28(38)39-22-11-15-35(17-22)25(37)8-7-12-33(5)6/h7-8,16,18-22H,9-15,17H2,1-6H3,(H2,30,31,32)/b8-7+. The van der Waals surface area contributed by atoms with Crippen molar-refractivity contribution in [2.24, 2.45) is 0 Å². The number of amides is 2. The Morgan fingerprint density at radius 2 is 1.85 bits per heavy atom. The van der Waals surface area contributed by atoms with E-state index in [0.717, 1.165) is 35.5 Å². The predicted octanol–water partition coefficient (Wildman–Crippen LogP) is 3.56. The van der Waals surface area contributed by atoms with Gasteiger partial charge in [-0.3, -0.25) is 4.79 Å². The smallest absolute Gasteiger partial charge is 0.410 e. The molecule has 214 valence electrons. The summed E-state index contributed by atoms with van der Waals surface area (Å²) in [5, 5.41) is 7.10. The average Bonchev–Trinajstić information content (AvgIpc) is 3.51. The van der Waals surface area contributed by atoms with Crippen LogP contribution in [0.25, 0.3) is 11.2 Å². The van der Waals surface area contributed by atoms with Crippen molar-refractivity contribution in [3.63, 3.8) is 0 Å². The maximum atomic E-state index is 12.9. The maximum absolute atomic E-state index is 12.9. The molecule has 1 atom stereocenters. The lowest BCUT2D eigenvalue weighted by molar-refractivity contribution is -0.125. The molecule has 4 rings (SSSR count). The Bertz CT molecular complexity index is 1170. The van der Waals surface area contributed by atoms with Crippen molar-refractivity contribution < 1.29 is 14.3 Å². The zero-order valence-corrected chi connectivity index (χ0v) is 24.2. The van der Waals surface area contributed by atoms with Gasteiger partial charge in [0.15, 0.2) is 5.65 Å². The van der Waals surface area contributed by atoms with E-state index in [0.29, 0.717) is 39.1 Å². The third kappa shape index (κ3) is 7.40. The SMILES string of the molecule is CC(C)Nc1cc(NC2CCN(C(=O)OC3CCN(C(=O)/C=C/CN(C)C)C3)CC2)c2ncn(C(C)C)c2n1. The fraction of sp³-hybridized carbons (Fsp3) is 0.643. The molecule has 2 amide bonds. The van der Waals surface area contributed by atoms with Crippen LogP contribution in [0.1, 0.15) is 53.0 Å². The van der Waals surface area contributed by atoms with E-state index >= 15 is 0 Å². The van der Waals surface area contributed by atoms with E-state index in [9.17, 15) is 9.59 Å². The van der Waals surface area contributed by atoms with Crippen LogP contribution in [0.2, 0.25) is 0 Å². The molecule has 0 radical (unpaired) electrons. The van der Waals surface area contributed by atoms with Crippen molar-refractivity contribution >= 4 is 34.7 Å². The summed E-state index contributed by atoms with van der Waals surface area (Å²) in [7, 11) is 3.92. The van der Waals surface area contributed by atoms with E-state index < -0.39 is 0 Å². The van der Waals surface area contributed by atoms with Gasteiger partial charge >= 0.3 is 6.09 Å². The fourth-order valence-corrected chi connectivity index (χ4v) is 5.00. The summed E-state index contributed by atoms with van der Waals surface area (Å²) in [5.41, 5.74) is 2.67. The molecule has 0 aliphatic carbocycles. The van der Waals surface area contributed by atoms with Crippen LogP contribution < -0.4 is 10.6 Å². The van der Waals surface area contributed by atoms with E-state index in [1.807, 2.05) is 37.5 Å². The van der Waals surface area contributed by atoms with Gasteiger partial charge in [-0.2, -0.15) is 0 Å². The molecular weight excluding hydrogens is 496 g/mol. The van der Waals surface area contributed by atoms with Gasteiger partial charge in [-0.05, 0) is 54.6 Å². The van der Waals surface area contributed by atoms with Crippen LogP contribution in [0, 0.1) is 0 Å². The third-order valence-electron chi connectivity index (χ3n) is 7.09. The molecule has 2 aliphatic heterocycles. The zero-order chi connectivity index (χ0) is 28.1. The minimum atomic E-state index is -0.290. The number of hydrogen-bond donors (Lipinski definition) is 2. The molecule has 1 unspecified atom stereocenters. The molecule has 0 bridgehead atoms. The summed E-state index contributed by atoms with van der Waals surface area (Å²) in [5.74, 6) is 0.790. The quantitative estimate of drug-likeness (QED) is 0.465. The number of piperidine rings is 1. The number of aromatic nitrogens is 3. The average molecular weight is 541 g/mol. The first-order valence-electron chi connectivity index (χ1n) is 14.1. The van der Waals surface area contributed by atoms with Crippen molar-refractivity contribution in [1.82, 2.24) is 29.2 Å². The molecule has 2 aromatic heterocycles. The number of hydrogen-bond acceptors (Lipinski definition) is 8. The van der Waals surface area contributed by atoms with E-state index in [4.69, 9.17) is 9.72 Å². The Morgan fingerprint density at radius 1 is 1.13 bits per heavy atom. The number of imidazole rings is 1. The van der Waals surface area contributed by atoms with Crippen LogP contribution in [0.4, 0.5) is 16.3 Å². The maximum Gasteiger partial charge on any atom is 0.410 e.